The average molecular weight is 293 g/mol. The molecule has 0 spiro atoms. The van der Waals surface area contributed by atoms with Crippen molar-refractivity contribution in [3.05, 3.63) is 21.6 Å². The Morgan fingerprint density at radius 2 is 2.20 bits per heavy atom. The number of hydrogen-bond acceptors (Lipinski definition) is 6. The summed E-state index contributed by atoms with van der Waals surface area (Å²) in [7, 11) is 4.02. The topological polar surface area (TPSA) is 53.6 Å². The van der Waals surface area contributed by atoms with E-state index in [1.165, 1.54) is 22.5 Å². The highest BCUT2D eigenvalue weighted by Gasteiger charge is 2.32. The minimum Gasteiger partial charge on any atom is -0.462 e. The fourth-order valence-corrected chi connectivity index (χ4v) is 3.94. The quantitative estimate of drug-likeness (QED) is 0.832. The number of hydrogen-bond donors (Lipinski definition) is 2. The average Bonchev–Trinajstić information content (AvgIpc) is 3.02. The molecule has 20 heavy (non-hydrogen) atoms. The third-order valence-electron chi connectivity index (χ3n) is 3.65. The van der Waals surface area contributed by atoms with Crippen LogP contribution in [-0.4, -0.2) is 33.2 Å². The monoisotopic (exact) mass is 293 g/mol. The molecule has 108 valence electrons. The van der Waals surface area contributed by atoms with Crippen LogP contribution in [0.5, 0.6) is 0 Å². The number of ether oxygens (including phenoxy) is 1. The van der Waals surface area contributed by atoms with E-state index in [1.807, 2.05) is 21.0 Å². The van der Waals surface area contributed by atoms with Gasteiger partial charge in [0.05, 0.1) is 12.3 Å². The summed E-state index contributed by atoms with van der Waals surface area (Å²) in [6, 6.07) is 0. The van der Waals surface area contributed by atoms with Gasteiger partial charge in [-0.3, -0.25) is 0 Å². The van der Waals surface area contributed by atoms with E-state index < -0.39 is 0 Å². The maximum absolute atomic E-state index is 12.2. The zero-order chi connectivity index (χ0) is 14.3. The molecule has 0 amide bonds. The number of hydrazine groups is 1. The molecule has 1 aromatic heterocycles. The van der Waals surface area contributed by atoms with Gasteiger partial charge in [-0.1, -0.05) is 0 Å². The predicted octanol–water partition coefficient (Wildman–Crippen LogP) is 1.76. The standard InChI is InChI=1S/C14H19N3O2S/c1-4-19-14(18)12-9-6-5-8-7-15-16-11(8)10(9)13(20-12)17(2)3/h15-16H,4-7H2,1-3H3. The number of fused-ring (bicyclic) bond motifs is 2. The molecule has 0 unspecified atom stereocenters. The number of nitrogens with one attached hydrogen (secondary N) is 2. The SMILES string of the molecule is CCOC(=O)c1sc(N(C)C)c2c1CCC1=C2NNC1. The summed E-state index contributed by atoms with van der Waals surface area (Å²) in [6.07, 6.45) is 1.91. The van der Waals surface area contributed by atoms with Crippen molar-refractivity contribution in [2.75, 3.05) is 32.1 Å². The number of carbonyl (C=O) groups excluding carboxylic acids is 1. The Kier molecular flexibility index (Phi) is 3.43. The van der Waals surface area contributed by atoms with E-state index in [0.717, 1.165) is 40.5 Å². The van der Waals surface area contributed by atoms with Crippen LogP contribution in [0.4, 0.5) is 5.00 Å². The molecule has 2 aliphatic rings. The summed E-state index contributed by atoms with van der Waals surface area (Å²) in [5.74, 6) is -0.197. The minimum atomic E-state index is -0.197. The van der Waals surface area contributed by atoms with Crippen LogP contribution in [0, 0.1) is 0 Å². The Morgan fingerprint density at radius 1 is 1.40 bits per heavy atom. The second-order valence-corrected chi connectivity index (χ2v) is 6.16. The first-order valence-corrected chi connectivity index (χ1v) is 7.66. The molecule has 5 nitrogen and oxygen atoms in total. The van der Waals surface area contributed by atoms with Crippen molar-refractivity contribution in [1.29, 1.82) is 0 Å². The Morgan fingerprint density at radius 3 is 2.90 bits per heavy atom. The summed E-state index contributed by atoms with van der Waals surface area (Å²) in [4.78, 5) is 15.0. The highest BCUT2D eigenvalue weighted by Crippen LogP contribution is 2.44. The van der Waals surface area contributed by atoms with Crippen molar-refractivity contribution >= 4 is 28.0 Å². The first kappa shape index (κ1) is 13.5. The van der Waals surface area contributed by atoms with Gasteiger partial charge in [0.15, 0.2) is 0 Å². The van der Waals surface area contributed by atoms with E-state index in [4.69, 9.17) is 4.74 Å². The van der Waals surface area contributed by atoms with Crippen LogP contribution < -0.4 is 15.8 Å². The van der Waals surface area contributed by atoms with E-state index in [-0.39, 0.29) is 5.97 Å². The first-order chi connectivity index (χ1) is 9.63. The molecule has 0 atom stereocenters. The molecular weight excluding hydrogens is 274 g/mol. The van der Waals surface area contributed by atoms with Crippen molar-refractivity contribution in [2.45, 2.75) is 19.8 Å². The molecule has 6 heteroatoms. The summed E-state index contributed by atoms with van der Waals surface area (Å²) >= 11 is 1.53. The number of esters is 1. The molecular formula is C14H19N3O2S. The van der Waals surface area contributed by atoms with Gasteiger partial charge in [0.1, 0.15) is 9.88 Å². The number of thiophene rings is 1. The van der Waals surface area contributed by atoms with Gasteiger partial charge >= 0.3 is 5.97 Å². The molecule has 2 heterocycles. The van der Waals surface area contributed by atoms with E-state index in [1.54, 1.807) is 0 Å². The molecule has 1 aromatic rings. The summed E-state index contributed by atoms with van der Waals surface area (Å²) in [5.41, 5.74) is 11.3. The number of rotatable bonds is 3. The fourth-order valence-electron chi connectivity index (χ4n) is 2.77. The molecule has 0 fully saturated rings. The normalized spacial score (nSPS) is 16.6. The van der Waals surface area contributed by atoms with Crippen LogP contribution in [0.3, 0.4) is 0 Å². The smallest absolute Gasteiger partial charge is 0.348 e. The van der Waals surface area contributed by atoms with Crippen molar-refractivity contribution in [2.24, 2.45) is 0 Å². The Bertz CT molecular complexity index is 589. The van der Waals surface area contributed by atoms with Crippen molar-refractivity contribution in [3.63, 3.8) is 0 Å². The molecule has 0 bridgehead atoms. The summed E-state index contributed by atoms with van der Waals surface area (Å²) < 4.78 is 5.20. The van der Waals surface area contributed by atoms with Crippen molar-refractivity contribution in [1.82, 2.24) is 10.9 Å². The van der Waals surface area contributed by atoms with Gasteiger partial charge in [0.2, 0.25) is 0 Å². The summed E-state index contributed by atoms with van der Waals surface area (Å²) in [6.45, 7) is 3.14. The van der Waals surface area contributed by atoms with E-state index >= 15 is 0 Å². The van der Waals surface area contributed by atoms with Gasteiger partial charge in [-0.15, -0.1) is 11.3 Å². The second-order valence-electron chi connectivity index (χ2n) is 5.16. The van der Waals surface area contributed by atoms with Crippen LogP contribution in [0.15, 0.2) is 5.57 Å². The molecule has 0 saturated heterocycles. The third kappa shape index (κ3) is 1.99. The zero-order valence-corrected chi connectivity index (χ0v) is 12.8. The Balaban J connectivity index is 2.13. The number of nitrogens with zero attached hydrogens (tertiary/aromatic N) is 1. The van der Waals surface area contributed by atoms with Crippen LogP contribution in [0.25, 0.3) is 5.70 Å². The molecule has 1 aliphatic carbocycles. The predicted molar refractivity (Wildman–Crippen MR) is 81.0 cm³/mol. The lowest BCUT2D eigenvalue weighted by molar-refractivity contribution is 0.0531. The van der Waals surface area contributed by atoms with Crippen molar-refractivity contribution in [3.8, 4) is 0 Å². The molecule has 3 rings (SSSR count). The van der Waals surface area contributed by atoms with Crippen molar-refractivity contribution < 1.29 is 9.53 Å². The lowest BCUT2D eigenvalue weighted by Gasteiger charge is -2.19. The van der Waals surface area contributed by atoms with E-state index in [0.29, 0.717) is 6.61 Å². The number of carbonyl (C=O) groups is 1. The molecule has 0 aromatic carbocycles. The van der Waals surface area contributed by atoms with Gasteiger partial charge in [-0.05, 0) is 30.9 Å². The zero-order valence-electron chi connectivity index (χ0n) is 12.0. The minimum absolute atomic E-state index is 0.197. The lowest BCUT2D eigenvalue weighted by atomic mass is 9.91. The van der Waals surface area contributed by atoms with Gasteiger partial charge in [0.25, 0.3) is 0 Å². The third-order valence-corrected chi connectivity index (χ3v) is 5.03. The fraction of sp³-hybridized carbons (Fsp3) is 0.500. The van der Waals surface area contributed by atoms with Crippen LogP contribution in [0.2, 0.25) is 0 Å². The van der Waals surface area contributed by atoms with Crippen LogP contribution in [-0.2, 0) is 11.2 Å². The van der Waals surface area contributed by atoms with Crippen LogP contribution >= 0.6 is 11.3 Å². The highest BCUT2D eigenvalue weighted by atomic mass is 32.1. The maximum Gasteiger partial charge on any atom is 0.348 e. The van der Waals surface area contributed by atoms with E-state index in [9.17, 15) is 4.79 Å². The van der Waals surface area contributed by atoms with Gasteiger partial charge in [-0.2, -0.15) is 0 Å². The van der Waals surface area contributed by atoms with Crippen LogP contribution in [0.1, 0.15) is 34.1 Å². The largest absolute Gasteiger partial charge is 0.462 e. The second kappa shape index (κ2) is 5.10. The highest BCUT2D eigenvalue weighted by molar-refractivity contribution is 7.18. The maximum atomic E-state index is 12.2. The summed E-state index contributed by atoms with van der Waals surface area (Å²) in [5, 5.41) is 1.12. The van der Waals surface area contributed by atoms with Gasteiger partial charge in [0, 0.05) is 26.2 Å². The van der Waals surface area contributed by atoms with Gasteiger partial charge in [-0.25, -0.2) is 10.2 Å². The Hall–Kier alpha value is -1.53. The first-order valence-electron chi connectivity index (χ1n) is 6.84. The number of anilines is 1. The molecule has 1 aliphatic heterocycles. The Labute approximate surface area is 122 Å². The lowest BCUT2D eigenvalue weighted by Crippen LogP contribution is -2.24. The molecule has 0 saturated carbocycles. The molecule has 0 radical (unpaired) electrons. The van der Waals surface area contributed by atoms with E-state index in [2.05, 4.69) is 15.8 Å². The van der Waals surface area contributed by atoms with Gasteiger partial charge < -0.3 is 15.1 Å². The molecule has 2 N–H and O–H groups in total.